The number of nitro groups is 1. The van der Waals surface area contributed by atoms with Crippen LogP contribution in [-0.2, 0) is 11.3 Å². The van der Waals surface area contributed by atoms with Gasteiger partial charge in [-0.1, -0.05) is 11.3 Å². The Balaban J connectivity index is 2.06. The summed E-state index contributed by atoms with van der Waals surface area (Å²) in [6.07, 6.45) is 0. The molecule has 2 N–H and O–H groups in total. The van der Waals surface area contributed by atoms with E-state index in [9.17, 15) is 14.9 Å². The number of aliphatic carboxylic acids is 1. The van der Waals surface area contributed by atoms with Crippen LogP contribution in [-0.4, -0.2) is 46.6 Å². The Morgan fingerprint density at radius 3 is 3.11 bits per heavy atom. The van der Waals surface area contributed by atoms with Crippen molar-refractivity contribution >= 4 is 22.3 Å². The minimum Gasteiger partial charge on any atom is -0.480 e. The summed E-state index contributed by atoms with van der Waals surface area (Å²) in [5.41, 5.74) is 0.792. The van der Waals surface area contributed by atoms with E-state index in [1.54, 1.807) is 5.38 Å². The van der Waals surface area contributed by atoms with Gasteiger partial charge >= 0.3 is 11.0 Å². The van der Waals surface area contributed by atoms with E-state index in [1.165, 1.54) is 6.07 Å². The van der Waals surface area contributed by atoms with Crippen molar-refractivity contribution in [2.45, 2.75) is 12.6 Å². The van der Waals surface area contributed by atoms with Gasteiger partial charge in [0.15, 0.2) is 0 Å². The lowest BCUT2D eigenvalue weighted by Crippen LogP contribution is -2.54. The van der Waals surface area contributed by atoms with Gasteiger partial charge in [-0.15, -0.1) is 0 Å². The molecule has 98 valence electrons. The third-order valence-electron chi connectivity index (χ3n) is 2.84. The zero-order valence-corrected chi connectivity index (χ0v) is 10.4. The fourth-order valence-electron chi connectivity index (χ4n) is 1.95. The van der Waals surface area contributed by atoms with Crippen molar-refractivity contribution in [1.82, 2.24) is 10.2 Å². The van der Waals surface area contributed by atoms with Gasteiger partial charge in [0.2, 0.25) is 0 Å². The molecule has 0 spiro atoms. The van der Waals surface area contributed by atoms with Gasteiger partial charge < -0.3 is 10.4 Å². The van der Waals surface area contributed by atoms with Gasteiger partial charge in [0, 0.05) is 37.6 Å². The van der Waals surface area contributed by atoms with Gasteiger partial charge in [0.05, 0.1) is 4.92 Å². The maximum atomic E-state index is 11.1. The maximum Gasteiger partial charge on any atom is 0.324 e. The summed E-state index contributed by atoms with van der Waals surface area (Å²) >= 11 is 1.07. The summed E-state index contributed by atoms with van der Waals surface area (Å²) in [6.45, 7) is 2.20. The zero-order valence-electron chi connectivity index (χ0n) is 9.54. The van der Waals surface area contributed by atoms with Crippen LogP contribution in [0.1, 0.15) is 5.56 Å². The number of piperazine rings is 1. The average molecular weight is 271 g/mol. The molecule has 1 aromatic rings. The van der Waals surface area contributed by atoms with Crippen LogP contribution >= 0.6 is 11.3 Å². The molecular weight excluding hydrogens is 258 g/mol. The molecule has 2 heterocycles. The first kappa shape index (κ1) is 12.9. The first-order chi connectivity index (χ1) is 8.58. The van der Waals surface area contributed by atoms with Crippen molar-refractivity contribution in [2.75, 3.05) is 19.6 Å². The smallest absolute Gasteiger partial charge is 0.324 e. The summed E-state index contributed by atoms with van der Waals surface area (Å²) in [5.74, 6) is -0.869. The van der Waals surface area contributed by atoms with E-state index < -0.39 is 16.9 Å². The molecule has 0 aliphatic carbocycles. The van der Waals surface area contributed by atoms with Crippen LogP contribution in [0, 0.1) is 10.1 Å². The van der Waals surface area contributed by atoms with Crippen LogP contribution in [0.2, 0.25) is 0 Å². The Bertz CT molecular complexity index is 462. The van der Waals surface area contributed by atoms with Gasteiger partial charge in [-0.2, -0.15) is 0 Å². The van der Waals surface area contributed by atoms with Crippen LogP contribution in [0.4, 0.5) is 5.00 Å². The molecular formula is C10H13N3O4S. The fraction of sp³-hybridized carbons (Fsp3) is 0.500. The van der Waals surface area contributed by atoms with Crippen LogP contribution in [0.5, 0.6) is 0 Å². The molecule has 0 aromatic carbocycles. The van der Waals surface area contributed by atoms with Gasteiger partial charge in [0.25, 0.3) is 0 Å². The molecule has 7 nitrogen and oxygen atoms in total. The normalized spacial score (nSPS) is 20.8. The molecule has 1 aromatic heterocycles. The molecule has 0 bridgehead atoms. The average Bonchev–Trinajstić information content (AvgIpc) is 2.78. The third kappa shape index (κ3) is 2.84. The highest BCUT2D eigenvalue weighted by molar-refractivity contribution is 7.13. The zero-order chi connectivity index (χ0) is 13.1. The van der Waals surface area contributed by atoms with Crippen molar-refractivity contribution in [3.63, 3.8) is 0 Å². The van der Waals surface area contributed by atoms with Crippen molar-refractivity contribution in [3.05, 3.63) is 27.1 Å². The Kier molecular flexibility index (Phi) is 3.90. The Hall–Kier alpha value is -1.51. The molecule has 1 saturated heterocycles. The second-order valence-electron chi connectivity index (χ2n) is 4.08. The Morgan fingerprint density at radius 1 is 1.72 bits per heavy atom. The monoisotopic (exact) mass is 271 g/mol. The fourth-order valence-corrected chi connectivity index (χ4v) is 2.68. The third-order valence-corrected chi connectivity index (χ3v) is 3.77. The van der Waals surface area contributed by atoms with Crippen molar-refractivity contribution in [3.8, 4) is 0 Å². The summed E-state index contributed by atoms with van der Waals surface area (Å²) in [5, 5.41) is 24.5. The van der Waals surface area contributed by atoms with E-state index in [4.69, 9.17) is 5.11 Å². The molecule has 1 atom stereocenters. The number of hydrogen-bond acceptors (Lipinski definition) is 6. The standard InChI is InChI=1S/C10H13N3O4S/c14-10(15)8-4-11-1-2-12(8)5-7-3-9(13(16)17)18-6-7/h3,6,8,11H,1-2,4-5H2,(H,14,15). The van der Waals surface area contributed by atoms with Gasteiger partial charge in [0.1, 0.15) is 6.04 Å². The second-order valence-corrected chi connectivity index (χ2v) is 4.97. The van der Waals surface area contributed by atoms with E-state index in [0.717, 1.165) is 23.4 Å². The van der Waals surface area contributed by atoms with Crippen molar-refractivity contribution in [2.24, 2.45) is 0 Å². The number of carbonyl (C=O) groups is 1. The van der Waals surface area contributed by atoms with Gasteiger partial charge in [-0.3, -0.25) is 19.8 Å². The summed E-state index contributed by atoms with van der Waals surface area (Å²) in [7, 11) is 0. The molecule has 8 heteroatoms. The number of thiophene rings is 1. The SMILES string of the molecule is O=C(O)C1CNCCN1Cc1csc([N+](=O)[O-])c1. The maximum absolute atomic E-state index is 11.1. The molecule has 1 aliphatic rings. The molecule has 2 rings (SSSR count). The minimum atomic E-state index is -0.869. The molecule has 1 aliphatic heterocycles. The van der Waals surface area contributed by atoms with E-state index >= 15 is 0 Å². The predicted molar refractivity (Wildman–Crippen MR) is 65.7 cm³/mol. The molecule has 18 heavy (non-hydrogen) atoms. The number of carboxylic acids is 1. The highest BCUT2D eigenvalue weighted by Crippen LogP contribution is 2.24. The molecule has 0 amide bonds. The van der Waals surface area contributed by atoms with Gasteiger partial charge in [-0.25, -0.2) is 0 Å². The van der Waals surface area contributed by atoms with Gasteiger partial charge in [-0.05, 0) is 5.56 Å². The predicted octanol–water partition coefficient (Wildman–Crippen LogP) is 0.515. The molecule has 1 fully saturated rings. The summed E-state index contributed by atoms with van der Waals surface area (Å²) < 4.78 is 0. The topological polar surface area (TPSA) is 95.7 Å². The number of nitrogens with one attached hydrogen (secondary N) is 1. The van der Waals surface area contributed by atoms with Crippen LogP contribution in [0.25, 0.3) is 0 Å². The van der Waals surface area contributed by atoms with E-state index in [2.05, 4.69) is 5.32 Å². The summed E-state index contributed by atoms with van der Waals surface area (Å²) in [6, 6.07) is 0.934. The Morgan fingerprint density at radius 2 is 2.50 bits per heavy atom. The minimum absolute atomic E-state index is 0.0898. The highest BCUT2D eigenvalue weighted by atomic mass is 32.1. The lowest BCUT2D eigenvalue weighted by molar-refractivity contribution is -0.380. The van der Waals surface area contributed by atoms with E-state index in [1.807, 2.05) is 4.90 Å². The number of nitrogens with zero attached hydrogens (tertiary/aromatic N) is 2. The molecule has 1 unspecified atom stereocenters. The van der Waals surface area contributed by atoms with E-state index in [-0.39, 0.29) is 5.00 Å². The first-order valence-corrected chi connectivity index (χ1v) is 6.35. The van der Waals surface area contributed by atoms with Crippen LogP contribution < -0.4 is 5.32 Å². The van der Waals surface area contributed by atoms with E-state index in [0.29, 0.717) is 19.6 Å². The second kappa shape index (κ2) is 5.42. The Labute approximate surface area is 107 Å². The lowest BCUT2D eigenvalue weighted by atomic mass is 10.1. The largest absolute Gasteiger partial charge is 0.480 e. The van der Waals surface area contributed by atoms with Crippen molar-refractivity contribution < 1.29 is 14.8 Å². The first-order valence-electron chi connectivity index (χ1n) is 5.47. The summed E-state index contributed by atoms with van der Waals surface area (Å²) in [4.78, 5) is 23.1. The highest BCUT2D eigenvalue weighted by Gasteiger charge is 2.28. The molecule has 0 saturated carbocycles. The number of carboxylic acid groups (broad SMARTS) is 1. The van der Waals surface area contributed by atoms with Crippen molar-refractivity contribution in [1.29, 1.82) is 0 Å². The number of hydrogen-bond donors (Lipinski definition) is 2. The molecule has 0 radical (unpaired) electrons. The number of rotatable bonds is 4. The van der Waals surface area contributed by atoms with Crippen LogP contribution in [0.15, 0.2) is 11.4 Å². The quantitative estimate of drug-likeness (QED) is 0.612. The lowest BCUT2D eigenvalue weighted by Gasteiger charge is -2.33. The van der Waals surface area contributed by atoms with Crippen LogP contribution in [0.3, 0.4) is 0 Å².